The Morgan fingerprint density at radius 1 is 1.06 bits per heavy atom. The van der Waals surface area contributed by atoms with E-state index < -0.39 is 0 Å². The van der Waals surface area contributed by atoms with Crippen molar-refractivity contribution in [1.29, 1.82) is 5.26 Å². The average Bonchev–Trinajstić information content (AvgIpc) is 3.41. The molecule has 4 heterocycles. The van der Waals surface area contributed by atoms with Crippen LogP contribution in [-0.2, 0) is 0 Å². The van der Waals surface area contributed by atoms with Crippen molar-refractivity contribution in [3.8, 4) is 28.8 Å². The molecule has 3 fully saturated rings. The number of piperidine rings is 1. The number of aromatic hydroxyl groups is 1. The van der Waals surface area contributed by atoms with Gasteiger partial charge in [-0.05, 0) is 50.7 Å². The van der Waals surface area contributed by atoms with Gasteiger partial charge in [0.1, 0.15) is 17.5 Å². The van der Waals surface area contributed by atoms with E-state index in [9.17, 15) is 5.11 Å². The predicted octanol–water partition coefficient (Wildman–Crippen LogP) is 1.95. The highest BCUT2D eigenvalue weighted by molar-refractivity contribution is 5.68. The van der Waals surface area contributed by atoms with Gasteiger partial charge in [0.2, 0.25) is 5.95 Å². The lowest BCUT2D eigenvalue weighted by molar-refractivity contribution is 0.342. The second-order valence-corrected chi connectivity index (χ2v) is 8.91. The second kappa shape index (κ2) is 7.53. The number of hydrogen-bond acceptors (Lipinski definition) is 9. The molecule has 10 heteroatoms. The second-order valence-electron chi connectivity index (χ2n) is 8.91. The van der Waals surface area contributed by atoms with Crippen molar-refractivity contribution in [3.05, 3.63) is 36.3 Å². The number of phenols is 1. The van der Waals surface area contributed by atoms with Crippen LogP contribution in [0.5, 0.6) is 5.75 Å². The zero-order chi connectivity index (χ0) is 21.7. The molecule has 2 N–H and O–H groups in total. The molecule has 6 rings (SSSR count). The van der Waals surface area contributed by atoms with Crippen LogP contribution in [0.1, 0.15) is 44.2 Å². The van der Waals surface area contributed by atoms with Gasteiger partial charge in [-0.15, -0.1) is 15.3 Å². The van der Waals surface area contributed by atoms with E-state index in [1.54, 1.807) is 24.4 Å². The third-order valence-corrected chi connectivity index (χ3v) is 6.69. The van der Waals surface area contributed by atoms with E-state index in [-0.39, 0.29) is 11.4 Å². The van der Waals surface area contributed by atoms with Gasteiger partial charge < -0.3 is 15.3 Å². The van der Waals surface area contributed by atoms with Crippen LogP contribution in [0.4, 0.5) is 5.95 Å². The van der Waals surface area contributed by atoms with Crippen molar-refractivity contribution < 1.29 is 5.11 Å². The molecule has 3 atom stereocenters. The summed E-state index contributed by atoms with van der Waals surface area (Å²) >= 11 is 0. The van der Waals surface area contributed by atoms with Crippen LogP contribution in [0, 0.1) is 11.3 Å². The fourth-order valence-electron chi connectivity index (χ4n) is 5.06. The molecule has 32 heavy (non-hydrogen) atoms. The Labute approximate surface area is 184 Å². The van der Waals surface area contributed by atoms with Crippen LogP contribution in [0.15, 0.2) is 30.6 Å². The summed E-state index contributed by atoms with van der Waals surface area (Å²) in [5.41, 5.74) is 1.86. The largest absolute Gasteiger partial charge is 0.507 e. The number of anilines is 1. The maximum atomic E-state index is 10.6. The first-order valence-electron chi connectivity index (χ1n) is 11.1. The van der Waals surface area contributed by atoms with Gasteiger partial charge in [0.25, 0.3) is 0 Å². The number of aromatic nitrogens is 6. The van der Waals surface area contributed by atoms with Gasteiger partial charge in [-0.1, -0.05) is 5.21 Å². The van der Waals surface area contributed by atoms with Gasteiger partial charge in [-0.25, -0.2) is 9.67 Å². The van der Waals surface area contributed by atoms with Crippen LogP contribution in [0.3, 0.4) is 0 Å². The van der Waals surface area contributed by atoms with Crippen LogP contribution in [0.25, 0.3) is 16.9 Å². The molecule has 1 aromatic carbocycles. The van der Waals surface area contributed by atoms with Crippen LogP contribution >= 0.6 is 0 Å². The molecule has 2 unspecified atom stereocenters. The summed E-state index contributed by atoms with van der Waals surface area (Å²) in [4.78, 5) is 7.05. The highest BCUT2D eigenvalue weighted by Crippen LogP contribution is 2.38. The average molecular weight is 429 g/mol. The molecule has 0 radical (unpaired) electrons. The van der Waals surface area contributed by atoms with E-state index in [2.05, 4.69) is 35.7 Å². The monoisotopic (exact) mass is 429 g/mol. The number of phenolic OH excluding ortho intramolecular Hbond substituents is 1. The molecule has 2 aliphatic heterocycles. The molecule has 0 spiro atoms. The van der Waals surface area contributed by atoms with Gasteiger partial charge in [-0.2, -0.15) is 5.26 Å². The van der Waals surface area contributed by atoms with Crippen molar-refractivity contribution in [2.75, 3.05) is 4.90 Å². The van der Waals surface area contributed by atoms with Crippen molar-refractivity contribution in [2.24, 2.45) is 0 Å². The summed E-state index contributed by atoms with van der Waals surface area (Å²) in [7, 11) is 0. The van der Waals surface area contributed by atoms with E-state index in [0.29, 0.717) is 47.1 Å². The van der Waals surface area contributed by atoms with Crippen molar-refractivity contribution in [3.63, 3.8) is 0 Å². The molecular weight excluding hydrogens is 406 g/mol. The molecular formula is C22H23N9O. The molecule has 2 bridgehead atoms. The molecule has 1 aliphatic carbocycles. The number of nitriles is 1. The third-order valence-electron chi connectivity index (χ3n) is 6.69. The van der Waals surface area contributed by atoms with E-state index in [0.717, 1.165) is 12.8 Å². The quantitative estimate of drug-likeness (QED) is 0.625. The summed E-state index contributed by atoms with van der Waals surface area (Å²) in [6.07, 6.45) is 10.4. The Morgan fingerprint density at radius 2 is 1.88 bits per heavy atom. The number of fused-ring (bicyclic) bond motifs is 2. The van der Waals surface area contributed by atoms with Crippen molar-refractivity contribution >= 4 is 5.95 Å². The Kier molecular flexibility index (Phi) is 4.50. The van der Waals surface area contributed by atoms with E-state index in [1.165, 1.54) is 36.6 Å². The first kappa shape index (κ1) is 19.1. The van der Waals surface area contributed by atoms with E-state index in [1.807, 2.05) is 6.07 Å². The normalized spacial score (nSPS) is 24.3. The number of hydrogen-bond donors (Lipinski definition) is 2. The summed E-state index contributed by atoms with van der Waals surface area (Å²) < 4.78 is 1.44. The third kappa shape index (κ3) is 3.44. The molecule has 3 aliphatic rings. The van der Waals surface area contributed by atoms with Crippen molar-refractivity contribution in [1.82, 2.24) is 35.5 Å². The lowest BCUT2D eigenvalue weighted by atomic mass is 9.98. The Hall–Kier alpha value is -3.58. The van der Waals surface area contributed by atoms with Gasteiger partial charge in [-0.3, -0.25) is 0 Å². The van der Waals surface area contributed by atoms with Crippen LogP contribution in [0.2, 0.25) is 0 Å². The zero-order valence-corrected chi connectivity index (χ0v) is 17.5. The minimum Gasteiger partial charge on any atom is -0.507 e. The van der Waals surface area contributed by atoms with E-state index in [4.69, 9.17) is 5.26 Å². The van der Waals surface area contributed by atoms with Crippen LogP contribution < -0.4 is 10.2 Å². The SMILES string of the molecule is N#Cc1cn(-c2ccc(-c3cnc(N(C4CC4)C4CC5CC[C@@H](C4)N5)nn3)c(O)c2)nn1. The molecule has 2 aromatic heterocycles. The highest BCUT2D eigenvalue weighted by atomic mass is 16.3. The van der Waals surface area contributed by atoms with Crippen LogP contribution in [-0.4, -0.2) is 59.4 Å². The summed E-state index contributed by atoms with van der Waals surface area (Å²) in [6.45, 7) is 0. The number of nitrogens with zero attached hydrogens (tertiary/aromatic N) is 8. The fraction of sp³-hybridized carbons (Fsp3) is 0.455. The molecule has 0 amide bonds. The van der Waals surface area contributed by atoms with Gasteiger partial charge in [0.05, 0.1) is 18.1 Å². The Balaban J connectivity index is 1.24. The molecule has 2 saturated heterocycles. The Bertz CT molecular complexity index is 1170. The minimum absolute atomic E-state index is 0.0364. The fourth-order valence-corrected chi connectivity index (χ4v) is 5.06. The lowest BCUT2D eigenvalue weighted by Crippen LogP contribution is -2.49. The first-order valence-corrected chi connectivity index (χ1v) is 11.1. The maximum absolute atomic E-state index is 10.6. The van der Waals surface area contributed by atoms with Gasteiger partial charge in [0.15, 0.2) is 5.69 Å². The van der Waals surface area contributed by atoms with Gasteiger partial charge in [0, 0.05) is 35.8 Å². The highest BCUT2D eigenvalue weighted by Gasteiger charge is 2.42. The number of rotatable bonds is 5. The minimum atomic E-state index is 0.0364. The predicted molar refractivity (Wildman–Crippen MR) is 115 cm³/mol. The zero-order valence-electron chi connectivity index (χ0n) is 17.5. The van der Waals surface area contributed by atoms with E-state index >= 15 is 0 Å². The number of benzene rings is 1. The van der Waals surface area contributed by atoms with Gasteiger partial charge >= 0.3 is 0 Å². The standard InChI is InChI=1S/C22H23N9O/c23-10-15-12-30(29-26-15)17-5-6-19(21(32)9-17)20-11-24-22(28-27-20)31(16-3-4-16)18-7-13-1-2-14(8-18)25-13/h5-6,9,11-14,16,18,25,32H,1-4,7-8H2/t13-,14?,18?/m0/s1. The first-order chi connectivity index (χ1) is 15.7. The molecule has 10 nitrogen and oxygen atoms in total. The Morgan fingerprint density at radius 3 is 2.50 bits per heavy atom. The molecule has 1 saturated carbocycles. The summed E-state index contributed by atoms with van der Waals surface area (Å²) in [5, 5.41) is 39.7. The summed E-state index contributed by atoms with van der Waals surface area (Å²) in [5.74, 6) is 0.722. The maximum Gasteiger partial charge on any atom is 0.245 e. The number of nitrogens with one attached hydrogen (secondary N) is 1. The molecule has 162 valence electrons. The smallest absolute Gasteiger partial charge is 0.245 e. The lowest BCUT2D eigenvalue weighted by Gasteiger charge is -2.37. The van der Waals surface area contributed by atoms with Crippen molar-refractivity contribution in [2.45, 2.75) is 62.7 Å². The molecule has 3 aromatic rings. The summed E-state index contributed by atoms with van der Waals surface area (Å²) in [6, 6.07) is 9.21. The topological polar surface area (TPSA) is 129 Å².